The van der Waals surface area contributed by atoms with E-state index in [4.69, 9.17) is 9.47 Å². The van der Waals surface area contributed by atoms with E-state index in [9.17, 15) is 21.6 Å². The van der Waals surface area contributed by atoms with Crippen LogP contribution in [0.15, 0.2) is 24.4 Å². The molecule has 10 heteroatoms. The molecule has 3 rings (SSSR count). The molecule has 0 bridgehead atoms. The van der Waals surface area contributed by atoms with Gasteiger partial charge in [-0.3, -0.25) is 4.98 Å². The summed E-state index contributed by atoms with van der Waals surface area (Å²) in [6, 6.07) is 5.58. The molecule has 27 heavy (non-hydrogen) atoms. The van der Waals surface area contributed by atoms with Crippen molar-refractivity contribution in [3.05, 3.63) is 30.1 Å². The molecule has 2 aliphatic heterocycles. The van der Waals surface area contributed by atoms with Gasteiger partial charge in [-0.25, -0.2) is 8.42 Å². The molecule has 0 unspecified atom stereocenters. The fourth-order valence-electron chi connectivity index (χ4n) is 3.88. The van der Waals surface area contributed by atoms with Gasteiger partial charge in [-0.2, -0.15) is 17.5 Å². The average molecular weight is 408 g/mol. The van der Waals surface area contributed by atoms with Gasteiger partial charge < -0.3 is 9.47 Å². The molecule has 1 spiro atoms. The second-order valence-corrected chi connectivity index (χ2v) is 8.84. The van der Waals surface area contributed by atoms with Crippen molar-refractivity contribution in [3.63, 3.8) is 0 Å². The minimum atomic E-state index is -5.27. The fourth-order valence-corrected chi connectivity index (χ4v) is 4.84. The van der Waals surface area contributed by atoms with E-state index in [0.29, 0.717) is 24.1 Å². The van der Waals surface area contributed by atoms with E-state index in [1.165, 1.54) is 0 Å². The summed E-state index contributed by atoms with van der Waals surface area (Å²) in [6.07, 6.45) is 3.76. The first-order valence-electron chi connectivity index (χ1n) is 8.93. The Labute approximate surface area is 156 Å². The highest BCUT2D eigenvalue weighted by molar-refractivity contribution is 7.90. The number of aromatic nitrogens is 1. The van der Waals surface area contributed by atoms with Crippen LogP contribution < -0.4 is 0 Å². The van der Waals surface area contributed by atoms with Gasteiger partial charge in [0.2, 0.25) is 0 Å². The van der Waals surface area contributed by atoms with Crippen LogP contribution in [-0.4, -0.2) is 55.1 Å². The number of nitrogens with zero attached hydrogens (tertiary/aromatic N) is 2. The lowest BCUT2D eigenvalue weighted by Gasteiger charge is -2.41. The van der Waals surface area contributed by atoms with Crippen LogP contribution in [0.5, 0.6) is 0 Å². The lowest BCUT2D eigenvalue weighted by atomic mass is 9.78. The topological polar surface area (TPSA) is 68.7 Å². The first-order valence-corrected chi connectivity index (χ1v) is 10.4. The molecule has 0 saturated carbocycles. The number of hydrogen-bond acceptors (Lipinski definition) is 5. The molecule has 0 aliphatic carbocycles. The van der Waals surface area contributed by atoms with Crippen molar-refractivity contribution < 1.29 is 31.1 Å². The number of piperidine rings is 1. The summed E-state index contributed by atoms with van der Waals surface area (Å²) in [5.74, 6) is 0.150. The Hall–Kier alpha value is -1.23. The standard InChI is InChI=1S/C17H23F3N2O4S/c18-17(19,20)27(23,24)22-9-6-16(7-10-22)14(5-12-26-16)4-11-25-13-15-3-1-2-8-21-15/h1-3,8,14H,4-7,9-13H2/t14-/m0/s1. The highest BCUT2D eigenvalue weighted by atomic mass is 32.2. The zero-order chi connectivity index (χ0) is 19.5. The van der Waals surface area contributed by atoms with E-state index in [1.807, 2.05) is 18.2 Å². The molecule has 6 nitrogen and oxygen atoms in total. The molecule has 1 aromatic heterocycles. The summed E-state index contributed by atoms with van der Waals surface area (Å²) in [5, 5.41) is 0. The molecule has 1 atom stereocenters. The van der Waals surface area contributed by atoms with Crippen molar-refractivity contribution in [2.75, 3.05) is 26.3 Å². The smallest absolute Gasteiger partial charge is 0.375 e. The van der Waals surface area contributed by atoms with Gasteiger partial charge in [-0.1, -0.05) is 6.07 Å². The number of halogens is 3. The maximum absolute atomic E-state index is 12.7. The second kappa shape index (κ2) is 8.02. The summed E-state index contributed by atoms with van der Waals surface area (Å²) in [6.45, 7) is 1.09. The van der Waals surface area contributed by atoms with E-state index in [-0.39, 0.29) is 31.8 Å². The van der Waals surface area contributed by atoms with Crippen molar-refractivity contribution in [1.29, 1.82) is 0 Å². The predicted octanol–water partition coefficient (Wildman–Crippen LogP) is 2.71. The Bertz CT molecular complexity index is 719. The SMILES string of the molecule is O=S(=O)(N1CCC2(CC1)OCC[C@@H]2CCOCc1ccccn1)C(F)(F)F. The summed E-state index contributed by atoms with van der Waals surface area (Å²) >= 11 is 0. The Morgan fingerprint density at radius 1 is 1.30 bits per heavy atom. The minimum absolute atomic E-state index is 0.150. The van der Waals surface area contributed by atoms with E-state index < -0.39 is 21.1 Å². The van der Waals surface area contributed by atoms with E-state index in [0.717, 1.165) is 18.5 Å². The van der Waals surface area contributed by atoms with Gasteiger partial charge in [0.05, 0.1) is 17.9 Å². The summed E-state index contributed by atoms with van der Waals surface area (Å²) in [4.78, 5) is 4.18. The minimum Gasteiger partial charge on any atom is -0.375 e. The van der Waals surface area contributed by atoms with Crippen LogP contribution in [0.2, 0.25) is 0 Å². The third kappa shape index (κ3) is 4.44. The lowest BCUT2D eigenvalue weighted by molar-refractivity contribution is -0.0716. The highest BCUT2D eigenvalue weighted by Gasteiger charge is 2.54. The van der Waals surface area contributed by atoms with Gasteiger partial charge in [0, 0.05) is 32.5 Å². The Kier molecular flexibility index (Phi) is 6.09. The Balaban J connectivity index is 1.51. The van der Waals surface area contributed by atoms with Crippen LogP contribution in [0.3, 0.4) is 0 Å². The van der Waals surface area contributed by atoms with Crippen LogP contribution >= 0.6 is 0 Å². The van der Waals surface area contributed by atoms with Gasteiger partial charge in [-0.05, 0) is 43.7 Å². The van der Waals surface area contributed by atoms with E-state index >= 15 is 0 Å². The summed E-state index contributed by atoms with van der Waals surface area (Å²) < 4.78 is 73.4. The van der Waals surface area contributed by atoms with E-state index in [2.05, 4.69) is 4.98 Å². The number of rotatable bonds is 6. The lowest BCUT2D eigenvalue weighted by Crippen LogP contribution is -2.52. The third-order valence-corrected chi connectivity index (χ3v) is 7.02. The monoisotopic (exact) mass is 408 g/mol. The molecule has 0 aromatic carbocycles. The van der Waals surface area contributed by atoms with Crippen LogP contribution in [0.4, 0.5) is 13.2 Å². The van der Waals surface area contributed by atoms with Crippen molar-refractivity contribution in [2.45, 2.75) is 43.4 Å². The molecule has 2 aliphatic rings. The number of sulfonamides is 1. The highest BCUT2D eigenvalue weighted by Crippen LogP contribution is 2.43. The zero-order valence-corrected chi connectivity index (χ0v) is 15.6. The zero-order valence-electron chi connectivity index (χ0n) is 14.8. The molecule has 2 saturated heterocycles. The normalized spacial score (nSPS) is 23.7. The molecule has 0 radical (unpaired) electrons. The second-order valence-electron chi connectivity index (χ2n) is 6.91. The maximum atomic E-state index is 12.7. The van der Waals surface area contributed by atoms with Gasteiger partial charge in [-0.15, -0.1) is 0 Å². The molecule has 0 amide bonds. The average Bonchev–Trinajstić information content (AvgIpc) is 3.01. The van der Waals surface area contributed by atoms with Crippen molar-refractivity contribution >= 4 is 10.0 Å². The van der Waals surface area contributed by atoms with Gasteiger partial charge >= 0.3 is 15.5 Å². The molecule has 3 heterocycles. The number of hydrogen-bond donors (Lipinski definition) is 0. The summed E-state index contributed by atoms with van der Waals surface area (Å²) in [5.41, 5.74) is -4.97. The molecule has 152 valence electrons. The van der Waals surface area contributed by atoms with Crippen molar-refractivity contribution in [3.8, 4) is 0 Å². The summed E-state index contributed by atoms with van der Waals surface area (Å²) in [7, 11) is -5.27. The van der Waals surface area contributed by atoms with Gasteiger partial charge in [0.1, 0.15) is 0 Å². The molecular weight excluding hydrogens is 385 g/mol. The van der Waals surface area contributed by atoms with Crippen LogP contribution in [0.25, 0.3) is 0 Å². The van der Waals surface area contributed by atoms with Crippen LogP contribution in [0.1, 0.15) is 31.4 Å². The largest absolute Gasteiger partial charge is 0.511 e. The molecular formula is C17H23F3N2O4S. The first-order chi connectivity index (χ1) is 12.7. The Morgan fingerprint density at radius 3 is 2.67 bits per heavy atom. The van der Waals surface area contributed by atoms with Crippen LogP contribution in [0, 0.1) is 5.92 Å². The Morgan fingerprint density at radius 2 is 2.04 bits per heavy atom. The number of alkyl halides is 3. The van der Waals surface area contributed by atoms with Gasteiger partial charge in [0.25, 0.3) is 0 Å². The van der Waals surface area contributed by atoms with Crippen molar-refractivity contribution in [1.82, 2.24) is 9.29 Å². The number of ether oxygens (including phenoxy) is 2. The van der Waals surface area contributed by atoms with Crippen LogP contribution in [-0.2, 0) is 26.1 Å². The third-order valence-electron chi connectivity index (χ3n) is 5.39. The van der Waals surface area contributed by atoms with Crippen molar-refractivity contribution in [2.24, 2.45) is 5.92 Å². The van der Waals surface area contributed by atoms with Gasteiger partial charge in [0.15, 0.2) is 0 Å². The molecule has 0 N–H and O–H groups in total. The predicted molar refractivity (Wildman–Crippen MR) is 91.1 cm³/mol. The molecule has 1 aromatic rings. The fraction of sp³-hybridized carbons (Fsp3) is 0.706. The number of pyridine rings is 1. The maximum Gasteiger partial charge on any atom is 0.511 e. The van der Waals surface area contributed by atoms with E-state index in [1.54, 1.807) is 6.20 Å². The first kappa shape index (κ1) is 20.5. The quantitative estimate of drug-likeness (QED) is 0.677. The molecule has 2 fully saturated rings.